The van der Waals surface area contributed by atoms with Crippen LogP contribution in [0, 0.1) is 11.8 Å². The summed E-state index contributed by atoms with van der Waals surface area (Å²) in [6, 6.07) is 4.72. The van der Waals surface area contributed by atoms with E-state index in [-0.39, 0.29) is 5.91 Å². The number of rotatable bonds is 3. The maximum atomic E-state index is 12.3. The van der Waals surface area contributed by atoms with Crippen molar-refractivity contribution < 1.29 is 14.7 Å². The molecule has 1 aromatic rings. The van der Waals surface area contributed by atoms with Crippen LogP contribution in [-0.2, 0) is 9.59 Å². The predicted octanol–water partition coefficient (Wildman–Crippen LogP) is 2.65. The Morgan fingerprint density at radius 3 is 2.57 bits per heavy atom. The van der Waals surface area contributed by atoms with Crippen LogP contribution in [0.1, 0.15) is 19.8 Å². The standard InChI is InChI=1S/C15H15Cl2NO3/c1-8-2-4-10(15(20)21)11(6-8)14(19)18-9-3-5-12(16)13(17)7-9/h2-3,5,7,10-11H,4,6H2,1H3,(H,18,19)(H,20,21)/p-1/t10-,11-/m0/s1. The molecule has 1 N–H and O–H groups in total. The van der Waals surface area contributed by atoms with Crippen molar-refractivity contribution in [1.29, 1.82) is 0 Å². The molecule has 2 rings (SSSR count). The number of halogens is 2. The summed E-state index contributed by atoms with van der Waals surface area (Å²) in [4.78, 5) is 23.5. The predicted molar refractivity (Wildman–Crippen MR) is 80.1 cm³/mol. The van der Waals surface area contributed by atoms with Crippen LogP contribution in [0.5, 0.6) is 0 Å². The van der Waals surface area contributed by atoms with Crippen molar-refractivity contribution in [2.75, 3.05) is 5.32 Å². The summed E-state index contributed by atoms with van der Waals surface area (Å²) >= 11 is 11.7. The second kappa shape index (κ2) is 6.50. The number of allylic oxidation sites excluding steroid dienone is 2. The Morgan fingerprint density at radius 2 is 1.95 bits per heavy atom. The number of hydrogen-bond acceptors (Lipinski definition) is 3. The highest BCUT2D eigenvalue weighted by molar-refractivity contribution is 6.42. The fourth-order valence-corrected chi connectivity index (χ4v) is 2.71. The first kappa shape index (κ1) is 15.9. The molecule has 0 saturated heterocycles. The monoisotopic (exact) mass is 326 g/mol. The summed E-state index contributed by atoms with van der Waals surface area (Å²) in [7, 11) is 0. The molecule has 0 radical (unpaired) electrons. The lowest BCUT2D eigenvalue weighted by Gasteiger charge is -2.30. The zero-order chi connectivity index (χ0) is 15.6. The molecule has 0 heterocycles. The Labute approximate surface area is 132 Å². The van der Waals surface area contributed by atoms with Crippen LogP contribution in [-0.4, -0.2) is 11.9 Å². The summed E-state index contributed by atoms with van der Waals surface area (Å²) in [6.45, 7) is 1.88. The molecule has 0 saturated carbocycles. The maximum Gasteiger partial charge on any atom is 0.228 e. The van der Waals surface area contributed by atoms with Crippen molar-refractivity contribution in [3.63, 3.8) is 0 Å². The van der Waals surface area contributed by atoms with E-state index in [2.05, 4.69) is 5.32 Å². The number of nitrogens with one attached hydrogen (secondary N) is 1. The molecule has 0 aromatic heterocycles. The first-order valence-corrected chi connectivity index (χ1v) is 7.26. The first-order chi connectivity index (χ1) is 9.88. The molecule has 0 fully saturated rings. The van der Waals surface area contributed by atoms with Crippen LogP contribution in [0.2, 0.25) is 10.0 Å². The SMILES string of the molecule is CC1=CC[C@H](C(=O)[O-])[C@@H](C(=O)Nc2ccc(Cl)c(Cl)c2)C1. The second-order valence-corrected chi connectivity index (χ2v) is 5.95. The van der Waals surface area contributed by atoms with Crippen molar-refractivity contribution in [2.24, 2.45) is 11.8 Å². The number of carboxylic acid groups (broad SMARTS) is 1. The lowest BCUT2D eigenvalue weighted by atomic mass is 9.79. The van der Waals surface area contributed by atoms with Crippen LogP contribution in [0.3, 0.4) is 0 Å². The molecular formula is C15H14Cl2NO3-. The average Bonchev–Trinajstić information content (AvgIpc) is 2.42. The van der Waals surface area contributed by atoms with Crippen LogP contribution in [0.25, 0.3) is 0 Å². The summed E-state index contributed by atoms with van der Waals surface area (Å²) in [5.74, 6) is -3.01. The molecule has 21 heavy (non-hydrogen) atoms. The average molecular weight is 327 g/mol. The van der Waals surface area contributed by atoms with Gasteiger partial charge in [0.2, 0.25) is 5.91 Å². The van der Waals surface area contributed by atoms with Gasteiger partial charge in [-0.15, -0.1) is 0 Å². The highest BCUT2D eigenvalue weighted by atomic mass is 35.5. The third kappa shape index (κ3) is 3.77. The van der Waals surface area contributed by atoms with Gasteiger partial charge in [-0.1, -0.05) is 34.9 Å². The van der Waals surface area contributed by atoms with Gasteiger partial charge in [0.1, 0.15) is 0 Å². The Bertz CT molecular complexity index is 613. The summed E-state index contributed by atoms with van der Waals surface area (Å²) in [6.07, 6.45) is 2.56. The Balaban J connectivity index is 2.16. The maximum absolute atomic E-state index is 12.3. The van der Waals surface area contributed by atoms with Gasteiger partial charge in [-0.25, -0.2) is 0 Å². The van der Waals surface area contributed by atoms with Gasteiger partial charge in [0.15, 0.2) is 0 Å². The smallest absolute Gasteiger partial charge is 0.228 e. The minimum atomic E-state index is -1.20. The van der Waals surface area contributed by atoms with Crippen LogP contribution < -0.4 is 10.4 Å². The minimum Gasteiger partial charge on any atom is -0.550 e. The van der Waals surface area contributed by atoms with Gasteiger partial charge in [0.25, 0.3) is 0 Å². The molecule has 0 aliphatic heterocycles. The zero-order valence-electron chi connectivity index (χ0n) is 11.4. The molecule has 1 amide bonds. The number of amides is 1. The molecule has 4 nitrogen and oxygen atoms in total. The Morgan fingerprint density at radius 1 is 1.24 bits per heavy atom. The van der Waals surface area contributed by atoms with Crippen molar-refractivity contribution in [1.82, 2.24) is 0 Å². The van der Waals surface area contributed by atoms with E-state index in [1.54, 1.807) is 12.1 Å². The largest absolute Gasteiger partial charge is 0.550 e. The van der Waals surface area contributed by atoms with E-state index in [0.717, 1.165) is 5.57 Å². The third-order valence-corrected chi connectivity index (χ3v) is 4.31. The van der Waals surface area contributed by atoms with E-state index < -0.39 is 17.8 Å². The lowest BCUT2D eigenvalue weighted by Crippen LogP contribution is -2.42. The third-order valence-electron chi connectivity index (χ3n) is 3.57. The van der Waals surface area contributed by atoms with Crippen molar-refractivity contribution in [2.45, 2.75) is 19.8 Å². The fourth-order valence-electron chi connectivity index (χ4n) is 2.41. The molecule has 0 bridgehead atoms. The van der Waals surface area contributed by atoms with E-state index in [4.69, 9.17) is 23.2 Å². The highest BCUT2D eigenvalue weighted by Crippen LogP contribution is 2.31. The van der Waals surface area contributed by atoms with Gasteiger partial charge in [0.05, 0.1) is 16.0 Å². The van der Waals surface area contributed by atoms with E-state index in [0.29, 0.717) is 28.6 Å². The number of benzene rings is 1. The Hall–Kier alpha value is -1.52. The summed E-state index contributed by atoms with van der Waals surface area (Å²) < 4.78 is 0. The fraction of sp³-hybridized carbons (Fsp3) is 0.333. The lowest BCUT2D eigenvalue weighted by molar-refractivity contribution is -0.313. The molecule has 0 unspecified atom stereocenters. The molecule has 2 atom stereocenters. The molecule has 1 aromatic carbocycles. The Kier molecular flexibility index (Phi) is 4.91. The summed E-state index contributed by atoms with van der Waals surface area (Å²) in [5.41, 5.74) is 1.49. The van der Waals surface area contributed by atoms with E-state index in [1.807, 2.05) is 13.0 Å². The van der Waals surface area contributed by atoms with Crippen LogP contribution in [0.15, 0.2) is 29.8 Å². The number of hydrogen-bond donors (Lipinski definition) is 1. The van der Waals surface area contributed by atoms with E-state index >= 15 is 0 Å². The highest BCUT2D eigenvalue weighted by Gasteiger charge is 2.31. The van der Waals surface area contributed by atoms with Crippen molar-refractivity contribution in [3.8, 4) is 0 Å². The molecule has 1 aliphatic carbocycles. The quantitative estimate of drug-likeness (QED) is 0.868. The second-order valence-electron chi connectivity index (χ2n) is 5.14. The topological polar surface area (TPSA) is 69.2 Å². The van der Waals surface area contributed by atoms with E-state index in [1.165, 1.54) is 6.07 Å². The van der Waals surface area contributed by atoms with Gasteiger partial charge in [-0.05, 0) is 38.0 Å². The number of carbonyl (C=O) groups is 2. The van der Waals surface area contributed by atoms with Crippen LogP contribution >= 0.6 is 23.2 Å². The number of aliphatic carboxylic acids is 1. The van der Waals surface area contributed by atoms with Crippen molar-refractivity contribution >= 4 is 40.8 Å². The first-order valence-electron chi connectivity index (χ1n) is 6.51. The number of carboxylic acids is 1. The van der Waals surface area contributed by atoms with Gasteiger partial charge < -0.3 is 15.2 Å². The molecule has 0 spiro atoms. The number of carbonyl (C=O) groups excluding carboxylic acids is 2. The molecular weight excluding hydrogens is 313 g/mol. The van der Waals surface area contributed by atoms with Gasteiger partial charge in [0, 0.05) is 17.6 Å². The molecule has 112 valence electrons. The van der Waals surface area contributed by atoms with Gasteiger partial charge in [-0.3, -0.25) is 4.79 Å². The zero-order valence-corrected chi connectivity index (χ0v) is 12.9. The number of anilines is 1. The summed E-state index contributed by atoms with van der Waals surface area (Å²) in [5, 5.41) is 14.6. The van der Waals surface area contributed by atoms with Crippen LogP contribution in [0.4, 0.5) is 5.69 Å². The van der Waals surface area contributed by atoms with Gasteiger partial charge in [-0.2, -0.15) is 0 Å². The molecule has 6 heteroatoms. The van der Waals surface area contributed by atoms with E-state index in [9.17, 15) is 14.7 Å². The normalized spacial score (nSPS) is 21.6. The minimum absolute atomic E-state index is 0.313. The molecule has 1 aliphatic rings. The van der Waals surface area contributed by atoms with Gasteiger partial charge >= 0.3 is 0 Å². The van der Waals surface area contributed by atoms with Crippen molar-refractivity contribution in [3.05, 3.63) is 39.9 Å².